The summed E-state index contributed by atoms with van der Waals surface area (Å²) >= 11 is 1.82. The van der Waals surface area contributed by atoms with E-state index in [0.717, 1.165) is 13.1 Å². The molecule has 0 unspecified atom stereocenters. The lowest BCUT2D eigenvalue weighted by Crippen LogP contribution is -2.32. The van der Waals surface area contributed by atoms with Crippen LogP contribution in [0.15, 0.2) is 17.5 Å². The predicted octanol–water partition coefficient (Wildman–Crippen LogP) is 2.64. The van der Waals surface area contributed by atoms with E-state index in [9.17, 15) is 0 Å². The van der Waals surface area contributed by atoms with Crippen molar-refractivity contribution < 1.29 is 0 Å². The van der Waals surface area contributed by atoms with E-state index in [1.807, 2.05) is 18.3 Å². The van der Waals surface area contributed by atoms with Gasteiger partial charge in [-0.3, -0.25) is 0 Å². The molecule has 0 bridgehead atoms. The molecule has 1 N–H and O–H groups in total. The highest BCUT2D eigenvalue weighted by Gasteiger charge is 2.20. The monoisotopic (exact) mass is 207 g/mol. The Bertz CT molecular complexity index is 314. The van der Waals surface area contributed by atoms with Gasteiger partial charge in [-0.2, -0.15) is 0 Å². The molecule has 0 aliphatic heterocycles. The fourth-order valence-corrected chi connectivity index (χ4v) is 2.13. The first-order valence-corrected chi connectivity index (χ1v) is 5.69. The fourth-order valence-electron chi connectivity index (χ4n) is 1.28. The van der Waals surface area contributed by atoms with Crippen LogP contribution in [0, 0.1) is 11.8 Å². The van der Waals surface area contributed by atoms with Gasteiger partial charge in [0.25, 0.3) is 0 Å². The second-order valence-corrected chi connectivity index (χ2v) is 4.84. The Balaban J connectivity index is 2.45. The van der Waals surface area contributed by atoms with Crippen molar-refractivity contribution in [2.24, 2.45) is 0 Å². The molecule has 0 saturated carbocycles. The predicted molar refractivity (Wildman–Crippen MR) is 63.7 cm³/mol. The molecule has 0 saturated heterocycles. The van der Waals surface area contributed by atoms with Gasteiger partial charge in [0.05, 0.1) is 6.54 Å². The third-order valence-corrected chi connectivity index (χ3v) is 3.38. The average Bonchev–Trinajstić information content (AvgIpc) is 2.65. The first-order chi connectivity index (χ1) is 6.67. The third kappa shape index (κ3) is 3.17. The van der Waals surface area contributed by atoms with Gasteiger partial charge in [-0.05, 0) is 18.4 Å². The standard InChI is InChI=1S/C12H17NS/c1-4-5-8-13-10-12(2,3)11-7-6-9-14-11/h6-7,9,13H,8,10H2,1-3H3. The van der Waals surface area contributed by atoms with E-state index in [2.05, 4.69) is 48.5 Å². The van der Waals surface area contributed by atoms with Crippen molar-refractivity contribution in [3.8, 4) is 11.8 Å². The van der Waals surface area contributed by atoms with Gasteiger partial charge in [0.2, 0.25) is 0 Å². The van der Waals surface area contributed by atoms with Gasteiger partial charge < -0.3 is 5.32 Å². The minimum atomic E-state index is 0.212. The lowest BCUT2D eigenvalue weighted by Gasteiger charge is -2.23. The zero-order valence-electron chi connectivity index (χ0n) is 9.05. The largest absolute Gasteiger partial charge is 0.305 e. The normalized spacial score (nSPS) is 10.8. The number of hydrogen-bond acceptors (Lipinski definition) is 2. The molecule has 0 aliphatic carbocycles. The first-order valence-electron chi connectivity index (χ1n) is 4.81. The van der Waals surface area contributed by atoms with Crippen molar-refractivity contribution >= 4 is 11.3 Å². The van der Waals surface area contributed by atoms with E-state index in [4.69, 9.17) is 0 Å². The molecule has 0 aliphatic rings. The van der Waals surface area contributed by atoms with Crippen LogP contribution < -0.4 is 5.32 Å². The van der Waals surface area contributed by atoms with Gasteiger partial charge in [0.15, 0.2) is 0 Å². The van der Waals surface area contributed by atoms with Crippen LogP contribution in [-0.2, 0) is 5.41 Å². The van der Waals surface area contributed by atoms with E-state index in [1.165, 1.54) is 4.88 Å². The second-order valence-electron chi connectivity index (χ2n) is 3.89. The van der Waals surface area contributed by atoms with Gasteiger partial charge in [-0.25, -0.2) is 0 Å². The third-order valence-electron chi connectivity index (χ3n) is 2.15. The van der Waals surface area contributed by atoms with E-state index in [1.54, 1.807) is 0 Å². The minimum Gasteiger partial charge on any atom is -0.305 e. The number of hydrogen-bond donors (Lipinski definition) is 1. The van der Waals surface area contributed by atoms with Crippen LogP contribution in [0.2, 0.25) is 0 Å². The first kappa shape index (κ1) is 11.3. The topological polar surface area (TPSA) is 12.0 Å². The molecule has 1 rings (SSSR count). The molecule has 0 radical (unpaired) electrons. The quantitative estimate of drug-likeness (QED) is 0.591. The van der Waals surface area contributed by atoms with Gasteiger partial charge in [-0.15, -0.1) is 17.3 Å². The molecule has 0 amide bonds. The molecule has 76 valence electrons. The minimum absolute atomic E-state index is 0.212. The molecule has 1 aromatic rings. The molecule has 14 heavy (non-hydrogen) atoms. The summed E-state index contributed by atoms with van der Waals surface area (Å²) in [5.74, 6) is 5.89. The number of nitrogens with one attached hydrogen (secondary N) is 1. The zero-order valence-corrected chi connectivity index (χ0v) is 9.87. The number of rotatable bonds is 4. The smallest absolute Gasteiger partial charge is 0.0576 e. The van der Waals surface area contributed by atoms with E-state index < -0.39 is 0 Å². The zero-order chi connectivity index (χ0) is 10.4. The van der Waals surface area contributed by atoms with Crippen molar-refractivity contribution in [2.45, 2.75) is 26.2 Å². The molecule has 0 fully saturated rings. The van der Waals surface area contributed by atoms with Crippen molar-refractivity contribution in [2.75, 3.05) is 13.1 Å². The van der Waals surface area contributed by atoms with Crippen molar-refractivity contribution in [3.63, 3.8) is 0 Å². The molecule has 0 aromatic carbocycles. The van der Waals surface area contributed by atoms with E-state index >= 15 is 0 Å². The summed E-state index contributed by atoms with van der Waals surface area (Å²) in [6.45, 7) is 8.13. The van der Waals surface area contributed by atoms with Gasteiger partial charge in [-0.1, -0.05) is 25.8 Å². The van der Waals surface area contributed by atoms with Crippen LogP contribution in [0.4, 0.5) is 0 Å². The molecule has 0 atom stereocenters. The molecular formula is C12H17NS. The van der Waals surface area contributed by atoms with Crippen LogP contribution in [-0.4, -0.2) is 13.1 Å². The Hall–Kier alpha value is -0.780. The summed E-state index contributed by atoms with van der Waals surface area (Å²) in [4.78, 5) is 1.43. The Labute approximate surface area is 90.5 Å². The van der Waals surface area contributed by atoms with Crippen LogP contribution in [0.5, 0.6) is 0 Å². The summed E-state index contributed by atoms with van der Waals surface area (Å²) in [5.41, 5.74) is 0.212. The maximum absolute atomic E-state index is 3.35. The van der Waals surface area contributed by atoms with Crippen molar-refractivity contribution in [3.05, 3.63) is 22.4 Å². The highest BCUT2D eigenvalue weighted by atomic mass is 32.1. The van der Waals surface area contributed by atoms with Crippen LogP contribution in [0.1, 0.15) is 25.6 Å². The Morgan fingerprint density at radius 3 is 2.86 bits per heavy atom. The highest BCUT2D eigenvalue weighted by molar-refractivity contribution is 7.10. The molecule has 1 heterocycles. The fraction of sp³-hybridized carbons (Fsp3) is 0.500. The van der Waals surface area contributed by atoms with Crippen molar-refractivity contribution in [1.82, 2.24) is 5.32 Å². The SMILES string of the molecule is CC#CCNCC(C)(C)c1cccs1. The Morgan fingerprint density at radius 2 is 2.29 bits per heavy atom. The Morgan fingerprint density at radius 1 is 1.50 bits per heavy atom. The van der Waals surface area contributed by atoms with E-state index in [-0.39, 0.29) is 5.41 Å². The summed E-state index contributed by atoms with van der Waals surface area (Å²) in [6.07, 6.45) is 0. The second kappa shape index (κ2) is 5.19. The van der Waals surface area contributed by atoms with Gasteiger partial charge >= 0.3 is 0 Å². The summed E-state index contributed by atoms with van der Waals surface area (Å²) in [7, 11) is 0. The molecular weight excluding hydrogens is 190 g/mol. The summed E-state index contributed by atoms with van der Waals surface area (Å²) in [5, 5.41) is 5.48. The van der Waals surface area contributed by atoms with Crippen LogP contribution in [0.3, 0.4) is 0 Å². The molecule has 1 nitrogen and oxygen atoms in total. The van der Waals surface area contributed by atoms with Gasteiger partial charge in [0.1, 0.15) is 0 Å². The molecule has 2 heteroatoms. The van der Waals surface area contributed by atoms with Crippen molar-refractivity contribution in [1.29, 1.82) is 0 Å². The molecule has 1 aromatic heterocycles. The average molecular weight is 207 g/mol. The Kier molecular flexibility index (Phi) is 4.19. The summed E-state index contributed by atoms with van der Waals surface area (Å²) in [6, 6.07) is 4.30. The van der Waals surface area contributed by atoms with Crippen LogP contribution in [0.25, 0.3) is 0 Å². The maximum atomic E-state index is 3.35. The number of thiophene rings is 1. The summed E-state index contributed by atoms with van der Waals surface area (Å²) < 4.78 is 0. The lowest BCUT2D eigenvalue weighted by atomic mass is 9.91. The molecule has 0 spiro atoms. The van der Waals surface area contributed by atoms with Crippen LogP contribution >= 0.6 is 11.3 Å². The highest BCUT2D eigenvalue weighted by Crippen LogP contribution is 2.26. The van der Waals surface area contributed by atoms with Gasteiger partial charge in [0, 0.05) is 16.8 Å². The lowest BCUT2D eigenvalue weighted by molar-refractivity contribution is 0.494. The van der Waals surface area contributed by atoms with E-state index in [0.29, 0.717) is 0 Å². The maximum Gasteiger partial charge on any atom is 0.0576 e.